The molecule has 0 aliphatic carbocycles. The van der Waals surface area contributed by atoms with Crippen molar-refractivity contribution in [3.8, 4) is 0 Å². The van der Waals surface area contributed by atoms with Gasteiger partial charge in [-0.25, -0.2) is 13.4 Å². The highest BCUT2D eigenvalue weighted by Gasteiger charge is 2.12. The Morgan fingerprint density at radius 2 is 2.17 bits per heavy atom. The van der Waals surface area contributed by atoms with Gasteiger partial charge < -0.3 is 4.74 Å². The highest BCUT2D eigenvalue weighted by molar-refractivity contribution is 9.10. The Labute approximate surface area is 116 Å². The van der Waals surface area contributed by atoms with Gasteiger partial charge in [-0.05, 0) is 48.3 Å². The van der Waals surface area contributed by atoms with Crippen molar-refractivity contribution in [2.45, 2.75) is 26.9 Å². The Kier molecular flexibility index (Phi) is 5.55. The topological polar surface area (TPSA) is 68.3 Å². The first kappa shape index (κ1) is 15.4. The van der Waals surface area contributed by atoms with Crippen LogP contribution >= 0.6 is 15.9 Å². The Morgan fingerprint density at radius 3 is 2.72 bits per heavy atom. The maximum Gasteiger partial charge on any atom is 0.236 e. The Balaban J connectivity index is 2.62. The van der Waals surface area contributed by atoms with Crippen LogP contribution in [-0.2, 0) is 14.8 Å². The molecular formula is C11H17BrN2O3S. The van der Waals surface area contributed by atoms with Gasteiger partial charge in [0.2, 0.25) is 10.0 Å². The van der Waals surface area contributed by atoms with Crippen molar-refractivity contribution in [3.63, 3.8) is 0 Å². The Bertz CT molecular complexity index is 503. The number of aromatic nitrogens is 1. The van der Waals surface area contributed by atoms with Crippen LogP contribution < -0.4 is 4.72 Å². The Hall–Kier alpha value is -0.660. The number of halogens is 1. The molecule has 0 fully saturated rings. The molecule has 0 amide bonds. The average molecular weight is 337 g/mol. The lowest BCUT2D eigenvalue weighted by molar-refractivity contribution is 0.0913. The van der Waals surface area contributed by atoms with Crippen molar-refractivity contribution in [2.75, 3.05) is 17.1 Å². The second-order valence-corrected chi connectivity index (χ2v) is 6.86. The first-order valence-corrected chi connectivity index (χ1v) is 7.99. The summed E-state index contributed by atoms with van der Waals surface area (Å²) in [5, 5.41) is 0. The molecule has 0 aliphatic rings. The number of hydrogen-bond acceptors (Lipinski definition) is 4. The van der Waals surface area contributed by atoms with Gasteiger partial charge in [0.05, 0.1) is 18.5 Å². The van der Waals surface area contributed by atoms with Crippen LogP contribution in [-0.4, -0.2) is 31.9 Å². The van der Waals surface area contributed by atoms with Crippen molar-refractivity contribution in [2.24, 2.45) is 0 Å². The number of rotatable bonds is 6. The van der Waals surface area contributed by atoms with E-state index >= 15 is 0 Å². The normalized spacial score (nSPS) is 11.8. The summed E-state index contributed by atoms with van der Waals surface area (Å²) in [5.74, 6) is 0.238. The molecule has 1 aromatic rings. The van der Waals surface area contributed by atoms with E-state index in [1.807, 2.05) is 20.8 Å². The van der Waals surface area contributed by atoms with Crippen LogP contribution in [0.15, 0.2) is 16.7 Å². The number of sulfonamides is 1. The highest BCUT2D eigenvalue weighted by Crippen LogP contribution is 2.17. The molecule has 0 bridgehead atoms. The summed E-state index contributed by atoms with van der Waals surface area (Å²) < 4.78 is 31.9. The molecule has 0 radical (unpaired) electrons. The molecule has 0 unspecified atom stereocenters. The second-order valence-electron chi connectivity index (χ2n) is 4.16. The zero-order chi connectivity index (χ0) is 13.8. The van der Waals surface area contributed by atoms with Crippen LogP contribution in [0, 0.1) is 6.92 Å². The summed E-state index contributed by atoms with van der Waals surface area (Å²) in [6.07, 6.45) is 1.59. The monoisotopic (exact) mass is 336 g/mol. The molecule has 0 aliphatic heterocycles. The smallest absolute Gasteiger partial charge is 0.236 e. The molecule has 1 heterocycles. The molecule has 0 saturated carbocycles. The molecule has 5 nitrogen and oxygen atoms in total. The van der Waals surface area contributed by atoms with Gasteiger partial charge in [0, 0.05) is 10.7 Å². The van der Waals surface area contributed by atoms with E-state index in [0.717, 1.165) is 10.0 Å². The van der Waals surface area contributed by atoms with E-state index in [2.05, 4.69) is 25.6 Å². The molecule has 0 spiro atoms. The molecule has 102 valence electrons. The summed E-state index contributed by atoms with van der Waals surface area (Å²) in [6, 6.07) is 1.67. The standard InChI is InChI=1S/C11H17BrN2O3S/c1-8(2)17-4-5-18(15,16)14-11-6-9(3)10(12)7-13-11/h6-8H,4-5H2,1-3H3,(H,13,14). The third kappa shape index (κ3) is 5.32. The first-order valence-electron chi connectivity index (χ1n) is 5.54. The summed E-state index contributed by atoms with van der Waals surface area (Å²) >= 11 is 3.31. The quantitative estimate of drug-likeness (QED) is 0.865. The fourth-order valence-electron chi connectivity index (χ4n) is 1.20. The summed E-state index contributed by atoms with van der Waals surface area (Å²) in [6.45, 7) is 5.76. The fraction of sp³-hybridized carbons (Fsp3) is 0.545. The molecule has 0 saturated heterocycles. The molecule has 1 N–H and O–H groups in total. The van der Waals surface area contributed by atoms with Gasteiger partial charge in [0.15, 0.2) is 0 Å². The summed E-state index contributed by atoms with van der Waals surface area (Å²) in [4.78, 5) is 3.99. The van der Waals surface area contributed by atoms with Crippen LogP contribution in [0.4, 0.5) is 5.82 Å². The number of aryl methyl sites for hydroxylation is 1. The molecule has 0 atom stereocenters. The third-order valence-electron chi connectivity index (χ3n) is 2.11. The van der Waals surface area contributed by atoms with Crippen LogP contribution in [0.25, 0.3) is 0 Å². The number of nitrogens with zero attached hydrogens (tertiary/aromatic N) is 1. The molecular weight excluding hydrogens is 320 g/mol. The van der Waals surface area contributed by atoms with E-state index in [1.54, 1.807) is 12.3 Å². The van der Waals surface area contributed by atoms with E-state index in [0.29, 0.717) is 5.82 Å². The van der Waals surface area contributed by atoms with Crippen molar-refractivity contribution in [3.05, 3.63) is 22.3 Å². The minimum Gasteiger partial charge on any atom is -0.378 e. The van der Waals surface area contributed by atoms with Gasteiger partial charge in [0.25, 0.3) is 0 Å². The maximum absolute atomic E-state index is 11.7. The van der Waals surface area contributed by atoms with Crippen LogP contribution in [0.5, 0.6) is 0 Å². The van der Waals surface area contributed by atoms with Gasteiger partial charge >= 0.3 is 0 Å². The van der Waals surface area contributed by atoms with E-state index in [-0.39, 0.29) is 18.5 Å². The molecule has 1 aromatic heterocycles. The summed E-state index contributed by atoms with van der Waals surface area (Å²) in [7, 11) is -3.41. The van der Waals surface area contributed by atoms with E-state index in [4.69, 9.17) is 4.74 Å². The van der Waals surface area contributed by atoms with Gasteiger partial charge in [-0.1, -0.05) is 0 Å². The first-order chi connectivity index (χ1) is 8.30. The van der Waals surface area contributed by atoms with E-state index in [9.17, 15) is 8.42 Å². The van der Waals surface area contributed by atoms with Gasteiger partial charge in [-0.3, -0.25) is 4.72 Å². The lowest BCUT2D eigenvalue weighted by Gasteiger charge is -2.10. The number of nitrogens with one attached hydrogen (secondary N) is 1. The predicted octanol–water partition coefficient (Wildman–Crippen LogP) is 2.32. The van der Waals surface area contributed by atoms with Gasteiger partial charge in [0.1, 0.15) is 5.82 Å². The predicted molar refractivity (Wildman–Crippen MR) is 75.2 cm³/mol. The number of anilines is 1. The molecule has 7 heteroatoms. The SMILES string of the molecule is Cc1cc(NS(=O)(=O)CCOC(C)C)ncc1Br. The third-order valence-corrected chi connectivity index (χ3v) is 4.16. The fourth-order valence-corrected chi connectivity index (χ4v) is 2.26. The maximum atomic E-state index is 11.7. The van der Waals surface area contributed by atoms with E-state index in [1.165, 1.54) is 0 Å². The zero-order valence-electron chi connectivity index (χ0n) is 10.6. The number of hydrogen-bond donors (Lipinski definition) is 1. The minimum atomic E-state index is -3.41. The average Bonchev–Trinajstić information content (AvgIpc) is 2.22. The summed E-state index contributed by atoms with van der Waals surface area (Å²) in [5.41, 5.74) is 0.918. The minimum absolute atomic E-state index is 0.0215. The van der Waals surface area contributed by atoms with E-state index < -0.39 is 10.0 Å². The van der Waals surface area contributed by atoms with Crippen molar-refractivity contribution in [1.29, 1.82) is 0 Å². The lowest BCUT2D eigenvalue weighted by Crippen LogP contribution is -2.22. The number of ether oxygens (including phenoxy) is 1. The lowest BCUT2D eigenvalue weighted by atomic mass is 10.3. The number of pyridine rings is 1. The highest BCUT2D eigenvalue weighted by atomic mass is 79.9. The molecule has 18 heavy (non-hydrogen) atoms. The van der Waals surface area contributed by atoms with Crippen LogP contribution in [0.3, 0.4) is 0 Å². The van der Waals surface area contributed by atoms with Crippen LogP contribution in [0.1, 0.15) is 19.4 Å². The molecule has 0 aromatic carbocycles. The Morgan fingerprint density at radius 1 is 1.50 bits per heavy atom. The zero-order valence-corrected chi connectivity index (χ0v) is 13.0. The van der Waals surface area contributed by atoms with Crippen molar-refractivity contribution >= 4 is 31.8 Å². The largest absolute Gasteiger partial charge is 0.378 e. The molecule has 1 rings (SSSR count). The van der Waals surface area contributed by atoms with Crippen molar-refractivity contribution < 1.29 is 13.2 Å². The van der Waals surface area contributed by atoms with Crippen molar-refractivity contribution in [1.82, 2.24) is 4.98 Å². The second kappa shape index (κ2) is 6.49. The van der Waals surface area contributed by atoms with Crippen LogP contribution in [0.2, 0.25) is 0 Å². The van der Waals surface area contributed by atoms with Gasteiger partial charge in [-0.2, -0.15) is 0 Å². The van der Waals surface area contributed by atoms with Gasteiger partial charge in [-0.15, -0.1) is 0 Å².